The van der Waals surface area contributed by atoms with Crippen molar-refractivity contribution >= 4 is 57.2 Å². The molecule has 3 aliphatic carbocycles. The normalized spacial score (nSPS) is 20.4. The third-order valence-corrected chi connectivity index (χ3v) is 17.9. The zero-order chi connectivity index (χ0) is 47.9. The monoisotopic (exact) mass is 883 g/mol. The van der Waals surface area contributed by atoms with Gasteiger partial charge in [0.2, 0.25) is 0 Å². The fourth-order valence-corrected chi connectivity index (χ4v) is 14.8. The van der Waals surface area contributed by atoms with Crippen LogP contribution in [0.2, 0.25) is 0 Å². The van der Waals surface area contributed by atoms with Gasteiger partial charge in [-0.3, -0.25) is 0 Å². The number of benzene rings is 6. The van der Waals surface area contributed by atoms with E-state index in [0.29, 0.717) is 0 Å². The lowest BCUT2D eigenvalue weighted by atomic mass is 9.33. The second-order valence-corrected chi connectivity index (χ2v) is 26.9. The Morgan fingerprint density at radius 3 is 1.58 bits per heavy atom. The molecule has 0 amide bonds. The third kappa shape index (κ3) is 6.41. The number of hydrogen-bond donors (Lipinski definition) is 0. The SMILES string of the molecule is Cc1cc2c(cc1N1c3cc(-c4ccccc4)ccc3B3c4cc5c(cc4N(c4ccc6c(c4C)C(C)(C)CC6(C)C)c4cc(C(C)(C)C)cc1c43)C(C)(C)CC5(C)C)C(C)(C)CCC2(C)C. The Bertz CT molecular complexity index is 3090. The van der Waals surface area contributed by atoms with Crippen LogP contribution in [0.1, 0.15) is 180 Å². The molecular weight excluding hydrogens is 808 g/mol. The summed E-state index contributed by atoms with van der Waals surface area (Å²) >= 11 is 0. The molecule has 0 saturated carbocycles. The van der Waals surface area contributed by atoms with Gasteiger partial charge in [0.15, 0.2) is 0 Å². The molecule has 3 heteroatoms. The Morgan fingerprint density at radius 1 is 0.433 bits per heavy atom. The molecule has 6 aromatic rings. The highest BCUT2D eigenvalue weighted by Gasteiger charge is 2.50. The Balaban J connectivity index is 1.29. The van der Waals surface area contributed by atoms with Crippen LogP contribution in [0.15, 0.2) is 97.1 Å². The summed E-state index contributed by atoms with van der Waals surface area (Å²) in [7, 11) is 0. The molecule has 2 nitrogen and oxygen atoms in total. The van der Waals surface area contributed by atoms with E-state index in [1.807, 2.05) is 0 Å². The lowest BCUT2D eigenvalue weighted by Gasteiger charge is -2.47. The molecule has 344 valence electrons. The van der Waals surface area contributed by atoms with Gasteiger partial charge in [-0.25, -0.2) is 0 Å². The number of fused-ring (bicyclic) bond motifs is 7. The lowest BCUT2D eigenvalue weighted by molar-refractivity contribution is 0.332. The Hall–Kier alpha value is -5.02. The summed E-state index contributed by atoms with van der Waals surface area (Å²) in [6.07, 6.45) is 4.66. The molecule has 0 aromatic heterocycles. The number of nitrogens with zero attached hydrogens (tertiary/aromatic N) is 2. The Morgan fingerprint density at radius 2 is 0.955 bits per heavy atom. The van der Waals surface area contributed by atoms with E-state index in [1.165, 1.54) is 125 Å². The molecule has 0 atom stereocenters. The van der Waals surface area contributed by atoms with Crippen LogP contribution in [-0.4, -0.2) is 6.71 Å². The fourth-order valence-electron chi connectivity index (χ4n) is 14.8. The highest BCUT2D eigenvalue weighted by Crippen LogP contribution is 2.57. The molecule has 67 heavy (non-hydrogen) atoms. The van der Waals surface area contributed by atoms with Gasteiger partial charge in [-0.2, -0.15) is 0 Å². The summed E-state index contributed by atoms with van der Waals surface area (Å²) in [5, 5.41) is 0. The average molecular weight is 883 g/mol. The lowest BCUT2D eigenvalue weighted by Crippen LogP contribution is -2.61. The highest BCUT2D eigenvalue weighted by atomic mass is 15.2. The molecule has 0 bridgehead atoms. The van der Waals surface area contributed by atoms with Crippen molar-refractivity contribution in [3.63, 3.8) is 0 Å². The molecule has 11 rings (SSSR count). The van der Waals surface area contributed by atoms with Crippen molar-refractivity contribution in [2.45, 2.75) is 181 Å². The smallest absolute Gasteiger partial charge is 0.252 e. The van der Waals surface area contributed by atoms with Gasteiger partial charge in [0.1, 0.15) is 0 Å². The van der Waals surface area contributed by atoms with Gasteiger partial charge >= 0.3 is 0 Å². The molecule has 0 N–H and O–H groups in total. The molecule has 2 heterocycles. The van der Waals surface area contributed by atoms with Crippen LogP contribution in [0.5, 0.6) is 0 Å². The van der Waals surface area contributed by atoms with Gasteiger partial charge in [-0.1, -0.05) is 165 Å². The summed E-state index contributed by atoms with van der Waals surface area (Å²) in [4.78, 5) is 5.48. The summed E-state index contributed by atoms with van der Waals surface area (Å²) < 4.78 is 0. The second kappa shape index (κ2) is 13.8. The van der Waals surface area contributed by atoms with Crippen molar-refractivity contribution in [1.29, 1.82) is 0 Å². The maximum Gasteiger partial charge on any atom is 0.252 e. The van der Waals surface area contributed by atoms with Gasteiger partial charge in [-0.05, 0) is 191 Å². The van der Waals surface area contributed by atoms with Gasteiger partial charge in [0, 0.05) is 34.1 Å². The number of aryl methyl sites for hydroxylation is 1. The maximum absolute atomic E-state index is 2.76. The molecule has 5 aliphatic rings. The molecule has 0 radical (unpaired) electrons. The van der Waals surface area contributed by atoms with Crippen LogP contribution in [0.3, 0.4) is 0 Å². The second-order valence-electron chi connectivity index (χ2n) is 26.9. The first-order valence-electron chi connectivity index (χ1n) is 25.6. The molecule has 6 aromatic carbocycles. The summed E-state index contributed by atoms with van der Waals surface area (Å²) in [5.41, 5.74) is 28.2. The van der Waals surface area contributed by atoms with Crippen LogP contribution in [-0.2, 0) is 37.9 Å². The van der Waals surface area contributed by atoms with Crippen LogP contribution in [0.25, 0.3) is 11.1 Å². The van der Waals surface area contributed by atoms with E-state index in [-0.39, 0.29) is 44.6 Å². The maximum atomic E-state index is 2.76. The first kappa shape index (κ1) is 44.5. The predicted molar refractivity (Wildman–Crippen MR) is 291 cm³/mol. The van der Waals surface area contributed by atoms with E-state index < -0.39 is 0 Å². The minimum Gasteiger partial charge on any atom is -0.311 e. The molecule has 2 aliphatic heterocycles. The Kier molecular flexibility index (Phi) is 9.18. The predicted octanol–water partition coefficient (Wildman–Crippen LogP) is 15.6. The summed E-state index contributed by atoms with van der Waals surface area (Å²) in [6, 6.07) is 39.3. The van der Waals surface area contributed by atoms with Crippen molar-refractivity contribution < 1.29 is 0 Å². The first-order valence-corrected chi connectivity index (χ1v) is 25.6. The van der Waals surface area contributed by atoms with E-state index in [4.69, 9.17) is 0 Å². The zero-order valence-corrected chi connectivity index (χ0v) is 44.0. The van der Waals surface area contributed by atoms with Crippen LogP contribution >= 0.6 is 0 Å². The van der Waals surface area contributed by atoms with Gasteiger partial charge in [-0.15, -0.1) is 0 Å². The van der Waals surface area contributed by atoms with Crippen molar-refractivity contribution in [1.82, 2.24) is 0 Å². The van der Waals surface area contributed by atoms with E-state index in [0.717, 1.165) is 12.8 Å². The highest BCUT2D eigenvalue weighted by molar-refractivity contribution is 7.00. The quantitative estimate of drug-likeness (QED) is 0.163. The molecule has 0 unspecified atom stereocenters. The van der Waals surface area contributed by atoms with Gasteiger partial charge in [0.05, 0.1) is 0 Å². The van der Waals surface area contributed by atoms with Crippen molar-refractivity contribution in [3.05, 3.63) is 147 Å². The van der Waals surface area contributed by atoms with Crippen LogP contribution < -0.4 is 26.2 Å². The number of hydrogen-bond acceptors (Lipinski definition) is 2. The summed E-state index contributed by atoms with van der Waals surface area (Å²) in [5.74, 6) is 0. The van der Waals surface area contributed by atoms with Crippen molar-refractivity contribution in [2.75, 3.05) is 9.80 Å². The topological polar surface area (TPSA) is 6.48 Å². The number of anilines is 6. The fraction of sp³-hybridized carbons (Fsp3) is 0.438. The third-order valence-electron chi connectivity index (χ3n) is 17.9. The molecule has 0 spiro atoms. The summed E-state index contributed by atoms with van der Waals surface area (Å²) in [6.45, 7) is 41.8. The first-order chi connectivity index (χ1) is 31.1. The van der Waals surface area contributed by atoms with Crippen molar-refractivity contribution in [2.24, 2.45) is 0 Å². The van der Waals surface area contributed by atoms with Gasteiger partial charge in [0.25, 0.3) is 6.71 Å². The minimum atomic E-state index is -0.106. The van der Waals surface area contributed by atoms with E-state index >= 15 is 0 Å². The van der Waals surface area contributed by atoms with Gasteiger partial charge < -0.3 is 9.80 Å². The minimum absolute atomic E-state index is 0.0459. The average Bonchev–Trinajstić information content (AvgIpc) is 3.55. The van der Waals surface area contributed by atoms with E-state index in [9.17, 15) is 0 Å². The van der Waals surface area contributed by atoms with Crippen LogP contribution in [0, 0.1) is 13.8 Å². The zero-order valence-electron chi connectivity index (χ0n) is 44.0. The molecular formula is C64H75BN2. The standard InChI is InChI=1S/C64H75BN2/c1-38-29-44-46(60(8,9)28-27-59(44,6)7)34-51(38)67-52-30-41(40-21-19-18-20-22-40)23-25-48(52)65-49-33-45-47(63(14,15)36-62(45,12)13)35-53(49)66(54-31-42(58(3,4)5)32-55(67)57(54)65)50-26-24-43-56(39(50)2)64(16,17)37-61(43,10)11/h18-26,29-35H,27-28,36-37H2,1-17H3. The molecule has 0 saturated heterocycles. The Labute approximate surface area is 404 Å². The number of rotatable bonds is 3. The largest absolute Gasteiger partial charge is 0.311 e. The van der Waals surface area contributed by atoms with Crippen LogP contribution in [0.4, 0.5) is 34.1 Å². The van der Waals surface area contributed by atoms with E-state index in [1.54, 1.807) is 0 Å². The van der Waals surface area contributed by atoms with E-state index in [2.05, 4.69) is 225 Å². The molecule has 0 fully saturated rings. The van der Waals surface area contributed by atoms with Crippen molar-refractivity contribution in [3.8, 4) is 11.1 Å².